The fraction of sp³-hybridized carbons (Fsp3) is 0.250. The third-order valence-electron chi connectivity index (χ3n) is 5.26. The molecule has 0 atom stereocenters. The number of nitrogens with zero attached hydrogens (tertiary/aromatic N) is 2. The van der Waals surface area contributed by atoms with Gasteiger partial charge >= 0.3 is 12.4 Å². The molecule has 0 saturated heterocycles. The number of hydrogen-bond donors (Lipinski definition) is 0. The van der Waals surface area contributed by atoms with Crippen LogP contribution in [0.25, 0.3) is 0 Å². The number of aryl methyl sites for hydroxylation is 1. The third kappa shape index (κ3) is 5.86. The molecule has 0 aliphatic rings. The maximum absolute atomic E-state index is 12.8. The Balaban J connectivity index is 1.85. The molecule has 0 spiro atoms. The lowest BCUT2D eigenvalue weighted by Gasteiger charge is -2.23. The summed E-state index contributed by atoms with van der Waals surface area (Å²) in [6.45, 7) is 2.87. The van der Waals surface area contributed by atoms with Crippen molar-refractivity contribution in [3.8, 4) is 0 Å². The van der Waals surface area contributed by atoms with E-state index >= 15 is 0 Å². The second kappa shape index (κ2) is 9.36. The lowest BCUT2D eigenvalue weighted by Crippen LogP contribution is -2.31. The molecule has 0 aliphatic heterocycles. The summed E-state index contributed by atoms with van der Waals surface area (Å²) in [4.78, 5) is 26.2. The molecule has 3 rings (SSSR count). The summed E-state index contributed by atoms with van der Waals surface area (Å²) in [6.07, 6.45) is -8.94. The van der Waals surface area contributed by atoms with Crippen molar-refractivity contribution < 1.29 is 31.1 Å². The van der Waals surface area contributed by atoms with Crippen molar-refractivity contribution in [2.75, 3.05) is 4.90 Å². The van der Waals surface area contributed by atoms with E-state index in [0.717, 1.165) is 24.3 Å². The van der Waals surface area contributed by atoms with E-state index in [9.17, 15) is 35.9 Å². The molecule has 0 radical (unpaired) electrons. The van der Waals surface area contributed by atoms with Gasteiger partial charge in [0.25, 0.3) is 5.56 Å². The monoisotopic (exact) mass is 482 g/mol. The van der Waals surface area contributed by atoms with E-state index < -0.39 is 34.9 Å². The number of amides is 1. The highest BCUT2D eigenvalue weighted by molar-refractivity contribution is 5.91. The van der Waals surface area contributed by atoms with Crippen molar-refractivity contribution in [3.63, 3.8) is 0 Å². The quantitative estimate of drug-likeness (QED) is 0.432. The first kappa shape index (κ1) is 25.1. The van der Waals surface area contributed by atoms with E-state index in [0.29, 0.717) is 16.8 Å². The summed E-state index contributed by atoms with van der Waals surface area (Å²) >= 11 is 0. The van der Waals surface area contributed by atoms with Crippen molar-refractivity contribution in [1.82, 2.24) is 4.57 Å². The number of hydrogen-bond acceptors (Lipinski definition) is 2. The van der Waals surface area contributed by atoms with Gasteiger partial charge in [0.2, 0.25) is 5.91 Å². The molecular weight excluding hydrogens is 462 g/mol. The van der Waals surface area contributed by atoms with Gasteiger partial charge < -0.3 is 9.47 Å². The molecule has 3 aromatic rings. The molecule has 1 heterocycles. The molecule has 2 aromatic carbocycles. The number of carbonyl (C=O) groups is 1. The van der Waals surface area contributed by atoms with Crippen LogP contribution < -0.4 is 10.5 Å². The number of halogens is 6. The molecule has 1 amide bonds. The Labute approximate surface area is 191 Å². The second-order valence-corrected chi connectivity index (χ2v) is 7.77. The van der Waals surface area contributed by atoms with Gasteiger partial charge in [-0.15, -0.1) is 0 Å². The summed E-state index contributed by atoms with van der Waals surface area (Å²) < 4.78 is 77.9. The van der Waals surface area contributed by atoms with Crippen LogP contribution in [0, 0.1) is 6.92 Å². The Kier molecular flexibility index (Phi) is 6.90. The number of benzene rings is 2. The minimum Gasteiger partial charge on any atom is -0.308 e. The summed E-state index contributed by atoms with van der Waals surface area (Å²) in [5, 5.41) is 0. The van der Waals surface area contributed by atoms with Gasteiger partial charge in [-0.3, -0.25) is 9.59 Å². The molecule has 0 aliphatic carbocycles. The zero-order valence-corrected chi connectivity index (χ0v) is 18.2. The number of pyridine rings is 1. The average Bonchev–Trinajstić information content (AvgIpc) is 2.73. The minimum atomic E-state index is -4.48. The molecule has 4 nitrogen and oxygen atoms in total. The van der Waals surface area contributed by atoms with Gasteiger partial charge in [0.15, 0.2) is 0 Å². The molecule has 0 unspecified atom stereocenters. The Morgan fingerprint density at radius 3 is 1.71 bits per heavy atom. The number of anilines is 1. The average molecular weight is 482 g/mol. The first-order valence-electron chi connectivity index (χ1n) is 10.1. The van der Waals surface area contributed by atoms with Crippen LogP contribution in [0.5, 0.6) is 0 Å². The SMILES string of the molecule is CC(=O)N(Cc1ccc(C(F)(F)F)cc1)c1cc(C)n(Cc2ccc(C(F)(F)F)cc2)c(=O)c1. The van der Waals surface area contributed by atoms with Gasteiger partial charge in [0.05, 0.1) is 29.9 Å². The normalized spacial score (nSPS) is 12.0. The van der Waals surface area contributed by atoms with Crippen LogP contribution in [0.2, 0.25) is 0 Å². The lowest BCUT2D eigenvalue weighted by atomic mass is 10.1. The maximum atomic E-state index is 12.8. The number of alkyl halides is 6. The largest absolute Gasteiger partial charge is 0.416 e. The molecular formula is C24H20F6N2O2. The smallest absolute Gasteiger partial charge is 0.308 e. The highest BCUT2D eigenvalue weighted by atomic mass is 19.4. The van der Waals surface area contributed by atoms with Gasteiger partial charge in [-0.05, 0) is 48.4 Å². The topological polar surface area (TPSA) is 42.3 Å². The molecule has 0 bridgehead atoms. The first-order chi connectivity index (χ1) is 15.8. The zero-order valence-electron chi connectivity index (χ0n) is 18.2. The van der Waals surface area contributed by atoms with E-state index in [2.05, 4.69) is 0 Å². The van der Waals surface area contributed by atoms with E-state index in [1.807, 2.05) is 0 Å². The van der Waals surface area contributed by atoms with Crippen molar-refractivity contribution in [1.29, 1.82) is 0 Å². The van der Waals surface area contributed by atoms with Crippen molar-refractivity contribution >= 4 is 11.6 Å². The number of aromatic nitrogens is 1. The third-order valence-corrected chi connectivity index (χ3v) is 5.26. The van der Waals surface area contributed by atoms with E-state index in [-0.39, 0.29) is 18.8 Å². The second-order valence-electron chi connectivity index (χ2n) is 7.77. The fourth-order valence-corrected chi connectivity index (χ4v) is 3.42. The Morgan fingerprint density at radius 1 is 0.824 bits per heavy atom. The Morgan fingerprint density at radius 2 is 1.29 bits per heavy atom. The van der Waals surface area contributed by atoms with Crippen LogP contribution in [0.4, 0.5) is 32.0 Å². The van der Waals surface area contributed by atoms with Crippen LogP contribution in [0.1, 0.15) is 34.9 Å². The van der Waals surface area contributed by atoms with Crippen molar-refractivity contribution in [2.24, 2.45) is 0 Å². The van der Waals surface area contributed by atoms with Crippen molar-refractivity contribution in [3.05, 3.63) is 99.0 Å². The number of rotatable bonds is 5. The molecule has 180 valence electrons. The molecule has 10 heteroatoms. The zero-order chi connectivity index (χ0) is 25.3. The van der Waals surface area contributed by atoms with E-state index in [1.54, 1.807) is 13.0 Å². The highest BCUT2D eigenvalue weighted by Crippen LogP contribution is 2.30. The van der Waals surface area contributed by atoms with E-state index in [1.165, 1.54) is 46.7 Å². The van der Waals surface area contributed by atoms with Crippen molar-refractivity contribution in [2.45, 2.75) is 39.3 Å². The number of carbonyl (C=O) groups excluding carboxylic acids is 1. The van der Waals surface area contributed by atoms with Gasteiger partial charge in [-0.2, -0.15) is 26.3 Å². The van der Waals surface area contributed by atoms with Gasteiger partial charge in [-0.1, -0.05) is 24.3 Å². The van der Waals surface area contributed by atoms with E-state index in [4.69, 9.17) is 0 Å². The minimum absolute atomic E-state index is 0.0298. The molecule has 0 fully saturated rings. The fourth-order valence-electron chi connectivity index (χ4n) is 3.42. The first-order valence-corrected chi connectivity index (χ1v) is 10.1. The summed E-state index contributed by atoms with van der Waals surface area (Å²) in [7, 11) is 0. The molecule has 0 saturated carbocycles. The van der Waals surface area contributed by atoms with Gasteiger partial charge in [0.1, 0.15) is 0 Å². The molecule has 1 aromatic heterocycles. The summed E-state index contributed by atoms with van der Waals surface area (Å²) in [6, 6.07) is 11.6. The van der Waals surface area contributed by atoms with Crippen LogP contribution in [-0.4, -0.2) is 10.5 Å². The summed E-state index contributed by atoms with van der Waals surface area (Å²) in [5.41, 5.74) is -0.439. The van der Waals surface area contributed by atoms with Crippen LogP contribution in [0.3, 0.4) is 0 Å². The van der Waals surface area contributed by atoms with Crippen LogP contribution >= 0.6 is 0 Å². The predicted octanol–water partition coefficient (Wildman–Crippen LogP) is 5.80. The lowest BCUT2D eigenvalue weighted by molar-refractivity contribution is -0.138. The Bertz CT molecular complexity index is 1230. The maximum Gasteiger partial charge on any atom is 0.416 e. The Hall–Kier alpha value is -3.56. The molecule has 0 N–H and O–H groups in total. The highest BCUT2D eigenvalue weighted by Gasteiger charge is 2.30. The van der Waals surface area contributed by atoms with Gasteiger partial charge in [-0.25, -0.2) is 0 Å². The predicted molar refractivity (Wildman–Crippen MR) is 114 cm³/mol. The van der Waals surface area contributed by atoms with Crippen LogP contribution in [0.15, 0.2) is 65.5 Å². The standard InChI is InChI=1S/C24H20F6N2O2/c1-15-11-21(32(16(2)33)14-18-5-9-20(10-6-18)24(28,29)30)12-22(34)31(15)13-17-3-7-19(8-4-17)23(25,26)27/h3-12H,13-14H2,1-2H3. The molecule has 34 heavy (non-hydrogen) atoms. The summed E-state index contributed by atoms with van der Waals surface area (Å²) in [5.74, 6) is -0.417. The van der Waals surface area contributed by atoms with Crippen LogP contribution in [-0.2, 0) is 30.2 Å². The van der Waals surface area contributed by atoms with Gasteiger partial charge in [0, 0.05) is 18.7 Å².